The van der Waals surface area contributed by atoms with Crippen LogP contribution in [0.15, 0.2) is 72.8 Å². The molecular weight excluding hydrogens is 447 g/mol. The van der Waals surface area contributed by atoms with Crippen LogP contribution in [0.25, 0.3) is 0 Å². The van der Waals surface area contributed by atoms with Gasteiger partial charge in [0.25, 0.3) is 0 Å². The summed E-state index contributed by atoms with van der Waals surface area (Å²) >= 11 is -1.87. The number of rotatable bonds is 6. The molecule has 0 spiro atoms. The Morgan fingerprint density at radius 2 is 0.935 bits per heavy atom. The Labute approximate surface area is 182 Å². The predicted molar refractivity (Wildman–Crippen MR) is 107 cm³/mol. The minimum atomic E-state index is -1.87. The number of esters is 3. The summed E-state index contributed by atoms with van der Waals surface area (Å²) in [5.74, 6) is -1.26. The van der Waals surface area contributed by atoms with Gasteiger partial charge in [-0.1, -0.05) is 0 Å². The first-order valence-electron chi connectivity index (χ1n) is 8.93. The summed E-state index contributed by atoms with van der Waals surface area (Å²) in [6, 6.07) is 18.5. The average Bonchev–Trinajstić information content (AvgIpc) is 2.83. The van der Waals surface area contributed by atoms with Crippen molar-refractivity contribution in [2.24, 2.45) is 0 Å². The molecule has 0 unspecified atom stereocenters. The van der Waals surface area contributed by atoms with Gasteiger partial charge in [-0.2, -0.15) is 0 Å². The quantitative estimate of drug-likeness (QED) is 0.408. The number of carbonyl (C=O) groups excluding carboxylic acids is 3. The van der Waals surface area contributed by atoms with Crippen LogP contribution >= 0.6 is 0 Å². The third-order valence-corrected chi connectivity index (χ3v) is 5.94. The molecule has 0 saturated carbocycles. The Hall–Kier alpha value is -3.62. The van der Waals surface area contributed by atoms with Crippen molar-refractivity contribution in [2.45, 2.75) is 0 Å². The van der Waals surface area contributed by atoms with Gasteiger partial charge in [0.05, 0.1) is 7.11 Å². The maximum atomic E-state index is 12.8. The molecule has 0 aliphatic rings. The van der Waals surface area contributed by atoms with Crippen LogP contribution in [0.3, 0.4) is 0 Å². The number of hydrogen-bond acceptors (Lipinski definition) is 7. The molecule has 0 fully saturated rings. The molecular formula is C23H18CoO7. The maximum absolute atomic E-state index is 12.8. The van der Waals surface area contributed by atoms with Crippen molar-refractivity contribution in [3.8, 4) is 5.75 Å². The second kappa shape index (κ2) is 9.92. The van der Waals surface area contributed by atoms with Gasteiger partial charge in [0, 0.05) is 0 Å². The van der Waals surface area contributed by atoms with E-state index in [9.17, 15) is 18.2 Å². The molecule has 7 nitrogen and oxygen atoms in total. The summed E-state index contributed by atoms with van der Waals surface area (Å²) in [6.07, 6.45) is 0. The first-order chi connectivity index (χ1) is 14.9. The van der Waals surface area contributed by atoms with E-state index in [0.717, 1.165) is 0 Å². The van der Waals surface area contributed by atoms with Gasteiger partial charge in [-0.15, -0.1) is 0 Å². The summed E-state index contributed by atoms with van der Waals surface area (Å²) in [4.78, 5) is 35.3. The van der Waals surface area contributed by atoms with Crippen molar-refractivity contribution in [1.82, 2.24) is 0 Å². The van der Waals surface area contributed by atoms with E-state index < -0.39 is 31.5 Å². The van der Waals surface area contributed by atoms with E-state index in [2.05, 4.69) is 9.47 Å². The number of ether oxygens (including phenoxy) is 3. The second-order valence-electron chi connectivity index (χ2n) is 6.08. The molecule has 31 heavy (non-hydrogen) atoms. The molecule has 3 aromatic carbocycles. The summed E-state index contributed by atoms with van der Waals surface area (Å²) in [7, 11) is 2.57. The molecule has 3 rings (SSSR count). The topological polar surface area (TPSA) is 96.0 Å². The fourth-order valence-electron chi connectivity index (χ4n) is 2.53. The number of benzene rings is 3. The number of carbonyl (C=O) groups is 3. The summed E-state index contributed by atoms with van der Waals surface area (Å²) in [5.41, 5.74) is 0.992. The third-order valence-electron chi connectivity index (χ3n) is 4.15. The SMILES string of the molecule is COC(=O)c1ccc(OC(=O)c2cc[c]([Co](=[O])[c]3ccc(C(=O)OC)cc3)cc2)cc1. The van der Waals surface area contributed by atoms with Gasteiger partial charge in [-0.05, 0) is 0 Å². The molecule has 0 aliphatic carbocycles. The molecule has 0 atom stereocenters. The van der Waals surface area contributed by atoms with Crippen LogP contribution in [0.5, 0.6) is 5.75 Å². The van der Waals surface area contributed by atoms with Gasteiger partial charge in [0.1, 0.15) is 0 Å². The molecule has 0 N–H and O–H groups in total. The molecule has 3 aromatic rings. The van der Waals surface area contributed by atoms with Crippen molar-refractivity contribution in [3.63, 3.8) is 0 Å². The molecule has 8 heteroatoms. The monoisotopic (exact) mass is 465 g/mol. The number of hydrogen-bond donors (Lipinski definition) is 0. The summed E-state index contributed by atoms with van der Waals surface area (Å²) in [5, 5.41) is 0. The average molecular weight is 465 g/mol. The first kappa shape index (κ1) is 22.1. The Morgan fingerprint density at radius 3 is 1.32 bits per heavy atom. The standard InChI is InChI=1S/C15H11O4.C8H7O2.Co.O/c1-18-14(16)12-7-9-13(10-8-12)19-15(17)11-5-3-2-4-6-11;1-10-8(9)7-5-3-2-4-6-7;;/h3-10H,1H3;3-6H,1H3;;. The molecule has 161 valence electrons. The van der Waals surface area contributed by atoms with Gasteiger partial charge in [-0.3, -0.25) is 0 Å². The molecule has 0 saturated heterocycles. The zero-order valence-corrected chi connectivity index (χ0v) is 17.7. The second-order valence-corrected chi connectivity index (χ2v) is 7.97. The number of methoxy groups -OCH3 is 2. The third kappa shape index (κ3) is 5.30. The van der Waals surface area contributed by atoms with E-state index in [4.69, 9.17) is 4.74 Å². The molecule has 0 radical (unpaired) electrons. The van der Waals surface area contributed by atoms with Gasteiger partial charge < -0.3 is 0 Å². The molecule has 0 aromatic heterocycles. The van der Waals surface area contributed by atoms with Crippen molar-refractivity contribution in [1.29, 1.82) is 0 Å². The van der Waals surface area contributed by atoms with E-state index in [1.807, 2.05) is 0 Å². The Kier molecular flexibility index (Phi) is 7.06. The Morgan fingerprint density at radius 1 is 0.581 bits per heavy atom. The fourth-order valence-corrected chi connectivity index (χ4v) is 3.86. The molecule has 0 amide bonds. The van der Waals surface area contributed by atoms with E-state index in [1.54, 1.807) is 36.4 Å². The van der Waals surface area contributed by atoms with Crippen molar-refractivity contribution in [3.05, 3.63) is 89.5 Å². The van der Waals surface area contributed by atoms with Gasteiger partial charge in [0.2, 0.25) is 0 Å². The first-order valence-corrected chi connectivity index (χ1v) is 10.4. The molecule has 0 bridgehead atoms. The van der Waals surface area contributed by atoms with Crippen LogP contribution < -0.4 is 13.7 Å². The van der Waals surface area contributed by atoms with E-state index in [-0.39, 0.29) is 11.3 Å². The summed E-state index contributed by atoms with van der Waals surface area (Å²) in [6.45, 7) is 0. The van der Waals surface area contributed by atoms with Crippen LogP contribution in [-0.2, 0) is 26.9 Å². The van der Waals surface area contributed by atoms with Gasteiger partial charge in [0.15, 0.2) is 0 Å². The normalized spacial score (nSPS) is 10.7. The van der Waals surface area contributed by atoms with Crippen molar-refractivity contribution in [2.75, 3.05) is 14.2 Å². The zero-order valence-electron chi connectivity index (χ0n) is 16.6. The fraction of sp³-hybridized carbons (Fsp3) is 0.0870. The van der Waals surface area contributed by atoms with Crippen LogP contribution in [-0.4, -0.2) is 32.1 Å². The van der Waals surface area contributed by atoms with Crippen molar-refractivity contribution >= 4 is 26.9 Å². The van der Waals surface area contributed by atoms with E-state index >= 15 is 0 Å². The Balaban J connectivity index is 1.67. The van der Waals surface area contributed by atoms with Crippen LogP contribution in [0, 0.1) is 0 Å². The molecule has 0 heterocycles. The zero-order chi connectivity index (χ0) is 22.4. The van der Waals surface area contributed by atoms with Crippen LogP contribution in [0.1, 0.15) is 31.1 Å². The van der Waals surface area contributed by atoms with Crippen LogP contribution in [0.2, 0.25) is 0 Å². The predicted octanol–water partition coefficient (Wildman–Crippen LogP) is 2.39. The van der Waals surface area contributed by atoms with E-state index in [0.29, 0.717) is 20.1 Å². The van der Waals surface area contributed by atoms with Crippen molar-refractivity contribution < 1.29 is 46.0 Å². The minimum absolute atomic E-state index is 0.276. The molecule has 0 aliphatic heterocycles. The van der Waals surface area contributed by atoms with Crippen LogP contribution in [0.4, 0.5) is 0 Å². The van der Waals surface area contributed by atoms with Gasteiger partial charge in [-0.25, -0.2) is 0 Å². The van der Waals surface area contributed by atoms with E-state index in [1.165, 1.54) is 50.6 Å². The summed E-state index contributed by atoms with van der Waals surface area (Å²) < 4.78 is 28.4. The Bertz CT molecular complexity index is 1120. The van der Waals surface area contributed by atoms with Gasteiger partial charge >= 0.3 is 175 Å².